The van der Waals surface area contributed by atoms with Crippen LogP contribution in [0.2, 0.25) is 10.0 Å². The number of halogens is 2. The third-order valence-corrected chi connectivity index (χ3v) is 2.98. The SMILES string of the molecule is CC[C@H](NC(=O)c1cc(Cl)c(N)c(Cl)c1)C(=O)O. The summed E-state index contributed by atoms with van der Waals surface area (Å²) in [7, 11) is 0. The molecule has 0 unspecified atom stereocenters. The number of nitrogens with one attached hydrogen (secondary N) is 1. The minimum atomic E-state index is -1.10. The van der Waals surface area contributed by atoms with Gasteiger partial charge in [-0.05, 0) is 18.6 Å². The molecule has 4 N–H and O–H groups in total. The Morgan fingerprint density at radius 1 is 1.39 bits per heavy atom. The van der Waals surface area contributed by atoms with Crippen molar-refractivity contribution in [2.75, 3.05) is 5.73 Å². The van der Waals surface area contributed by atoms with Gasteiger partial charge >= 0.3 is 5.97 Å². The normalized spacial score (nSPS) is 11.9. The van der Waals surface area contributed by atoms with E-state index in [2.05, 4.69) is 5.32 Å². The predicted molar refractivity (Wildman–Crippen MR) is 70.1 cm³/mol. The van der Waals surface area contributed by atoms with Gasteiger partial charge in [0.1, 0.15) is 6.04 Å². The number of hydrogen-bond acceptors (Lipinski definition) is 3. The van der Waals surface area contributed by atoms with Crippen molar-refractivity contribution in [3.05, 3.63) is 27.7 Å². The molecule has 0 fully saturated rings. The summed E-state index contributed by atoms with van der Waals surface area (Å²) >= 11 is 11.6. The van der Waals surface area contributed by atoms with Crippen LogP contribution in [0, 0.1) is 0 Å². The van der Waals surface area contributed by atoms with E-state index < -0.39 is 17.9 Å². The van der Waals surface area contributed by atoms with Gasteiger partial charge in [-0.25, -0.2) is 4.79 Å². The third-order valence-electron chi connectivity index (χ3n) is 2.35. The lowest BCUT2D eigenvalue weighted by atomic mass is 10.1. The average Bonchev–Trinajstić information content (AvgIpc) is 2.31. The molecule has 0 heterocycles. The maximum atomic E-state index is 11.8. The Balaban J connectivity index is 2.94. The first kappa shape index (κ1) is 14.6. The minimum Gasteiger partial charge on any atom is -0.480 e. The van der Waals surface area contributed by atoms with Gasteiger partial charge in [-0.2, -0.15) is 0 Å². The third kappa shape index (κ3) is 3.27. The Bertz CT molecular complexity index is 468. The predicted octanol–water partition coefficient (Wildman–Crippen LogP) is 2.17. The van der Waals surface area contributed by atoms with Gasteiger partial charge in [0.05, 0.1) is 15.7 Å². The van der Waals surface area contributed by atoms with Crippen molar-refractivity contribution in [2.24, 2.45) is 0 Å². The van der Waals surface area contributed by atoms with Gasteiger partial charge in [0.25, 0.3) is 5.91 Å². The van der Waals surface area contributed by atoms with E-state index in [1.807, 2.05) is 0 Å². The summed E-state index contributed by atoms with van der Waals surface area (Å²) in [5, 5.41) is 11.5. The van der Waals surface area contributed by atoms with E-state index in [4.69, 9.17) is 34.0 Å². The molecule has 5 nitrogen and oxygen atoms in total. The minimum absolute atomic E-state index is 0.149. The maximum Gasteiger partial charge on any atom is 0.326 e. The van der Waals surface area contributed by atoms with E-state index >= 15 is 0 Å². The first-order chi connectivity index (χ1) is 8.36. The zero-order chi connectivity index (χ0) is 13.9. The molecule has 0 bridgehead atoms. The molecule has 1 aromatic carbocycles. The smallest absolute Gasteiger partial charge is 0.326 e. The van der Waals surface area contributed by atoms with Crippen LogP contribution in [0.25, 0.3) is 0 Å². The van der Waals surface area contributed by atoms with Gasteiger partial charge < -0.3 is 16.2 Å². The molecule has 18 heavy (non-hydrogen) atoms. The highest BCUT2D eigenvalue weighted by atomic mass is 35.5. The quantitative estimate of drug-likeness (QED) is 0.741. The number of nitrogens with two attached hydrogens (primary N) is 1. The summed E-state index contributed by atoms with van der Waals surface area (Å²) in [6.45, 7) is 1.65. The fourth-order valence-corrected chi connectivity index (χ4v) is 1.78. The number of nitrogen functional groups attached to an aromatic ring is 1. The van der Waals surface area contributed by atoms with Crippen LogP contribution in [0.1, 0.15) is 23.7 Å². The van der Waals surface area contributed by atoms with Gasteiger partial charge in [-0.15, -0.1) is 0 Å². The summed E-state index contributed by atoms with van der Waals surface area (Å²) in [4.78, 5) is 22.6. The summed E-state index contributed by atoms with van der Waals surface area (Å²) in [5.41, 5.74) is 5.88. The maximum absolute atomic E-state index is 11.8. The lowest BCUT2D eigenvalue weighted by Gasteiger charge is -2.13. The van der Waals surface area contributed by atoms with Gasteiger partial charge in [0, 0.05) is 5.56 Å². The molecular weight excluding hydrogens is 279 g/mol. The molecule has 0 spiro atoms. The summed E-state index contributed by atoms with van der Waals surface area (Å²) in [6, 6.07) is 1.73. The van der Waals surface area contributed by atoms with Gasteiger partial charge in [0.15, 0.2) is 0 Å². The fraction of sp³-hybridized carbons (Fsp3) is 0.273. The zero-order valence-corrected chi connectivity index (χ0v) is 11.0. The number of anilines is 1. The molecule has 0 aliphatic heterocycles. The van der Waals surface area contributed by atoms with Crippen LogP contribution in [0.15, 0.2) is 12.1 Å². The topological polar surface area (TPSA) is 92.4 Å². The summed E-state index contributed by atoms with van der Waals surface area (Å²) in [6.07, 6.45) is 0.275. The second kappa shape index (κ2) is 5.93. The van der Waals surface area contributed by atoms with E-state index in [0.29, 0.717) is 0 Å². The molecule has 0 aliphatic carbocycles. The lowest BCUT2D eigenvalue weighted by Crippen LogP contribution is -2.40. The fourth-order valence-electron chi connectivity index (χ4n) is 1.30. The summed E-state index contributed by atoms with van der Waals surface area (Å²) < 4.78 is 0. The highest BCUT2D eigenvalue weighted by Crippen LogP contribution is 2.28. The van der Waals surface area contributed by atoms with E-state index in [9.17, 15) is 9.59 Å². The number of hydrogen-bond donors (Lipinski definition) is 3. The van der Waals surface area contributed by atoms with Crippen LogP contribution >= 0.6 is 23.2 Å². The second-order valence-corrected chi connectivity index (χ2v) is 4.44. The Labute approximate surface area is 114 Å². The largest absolute Gasteiger partial charge is 0.480 e. The van der Waals surface area contributed by atoms with Crippen LogP contribution < -0.4 is 11.1 Å². The first-order valence-corrected chi connectivity index (χ1v) is 5.90. The van der Waals surface area contributed by atoms with E-state index in [-0.39, 0.29) is 27.7 Å². The molecule has 0 aromatic heterocycles. The van der Waals surface area contributed by atoms with Crippen molar-refractivity contribution >= 4 is 40.8 Å². The van der Waals surface area contributed by atoms with E-state index in [1.54, 1.807) is 6.92 Å². The standard InChI is InChI=1S/C11H12Cl2N2O3/c1-2-8(11(17)18)15-10(16)5-3-6(12)9(14)7(13)4-5/h3-4,8H,2,14H2,1H3,(H,15,16)(H,17,18)/t8-/m0/s1. The Kier molecular flexibility index (Phi) is 4.81. The number of amides is 1. The van der Waals surface area contributed by atoms with E-state index in [1.165, 1.54) is 12.1 Å². The number of carbonyl (C=O) groups is 2. The van der Waals surface area contributed by atoms with Crippen LogP contribution in [-0.2, 0) is 4.79 Å². The molecule has 98 valence electrons. The van der Waals surface area contributed by atoms with E-state index in [0.717, 1.165) is 0 Å². The number of aliphatic carboxylic acids is 1. The lowest BCUT2D eigenvalue weighted by molar-refractivity contribution is -0.139. The van der Waals surface area contributed by atoms with Crippen LogP contribution in [-0.4, -0.2) is 23.0 Å². The van der Waals surface area contributed by atoms with Crippen molar-refractivity contribution in [3.63, 3.8) is 0 Å². The highest BCUT2D eigenvalue weighted by molar-refractivity contribution is 6.39. The molecule has 7 heteroatoms. The number of benzene rings is 1. The number of carboxylic acids is 1. The Morgan fingerprint density at radius 3 is 2.28 bits per heavy atom. The zero-order valence-electron chi connectivity index (χ0n) is 9.54. The molecular formula is C11H12Cl2N2O3. The number of carbonyl (C=O) groups excluding carboxylic acids is 1. The average molecular weight is 291 g/mol. The van der Waals surface area contributed by atoms with Crippen LogP contribution in [0.4, 0.5) is 5.69 Å². The van der Waals surface area contributed by atoms with Crippen LogP contribution in [0.5, 0.6) is 0 Å². The van der Waals surface area contributed by atoms with Crippen molar-refractivity contribution in [1.29, 1.82) is 0 Å². The van der Waals surface area contributed by atoms with Crippen LogP contribution in [0.3, 0.4) is 0 Å². The van der Waals surface area contributed by atoms with Crippen molar-refractivity contribution < 1.29 is 14.7 Å². The monoisotopic (exact) mass is 290 g/mol. The molecule has 1 atom stereocenters. The molecule has 0 radical (unpaired) electrons. The molecule has 1 rings (SSSR count). The molecule has 1 amide bonds. The molecule has 0 aliphatic rings. The van der Waals surface area contributed by atoms with Gasteiger partial charge in [0.2, 0.25) is 0 Å². The van der Waals surface area contributed by atoms with Gasteiger partial charge in [-0.3, -0.25) is 4.79 Å². The van der Waals surface area contributed by atoms with Crippen molar-refractivity contribution in [2.45, 2.75) is 19.4 Å². The van der Waals surface area contributed by atoms with Gasteiger partial charge in [-0.1, -0.05) is 30.1 Å². The Morgan fingerprint density at radius 2 is 1.89 bits per heavy atom. The molecule has 1 aromatic rings. The Hall–Kier alpha value is -1.46. The highest BCUT2D eigenvalue weighted by Gasteiger charge is 2.19. The van der Waals surface area contributed by atoms with Crippen molar-refractivity contribution in [3.8, 4) is 0 Å². The molecule has 0 saturated heterocycles. The summed E-state index contributed by atoms with van der Waals surface area (Å²) in [5.74, 6) is -1.66. The second-order valence-electron chi connectivity index (χ2n) is 3.63. The number of rotatable bonds is 4. The number of carboxylic acid groups (broad SMARTS) is 1. The molecule has 0 saturated carbocycles. The van der Waals surface area contributed by atoms with Crippen molar-refractivity contribution in [1.82, 2.24) is 5.32 Å². The first-order valence-electron chi connectivity index (χ1n) is 5.15.